The van der Waals surface area contributed by atoms with Crippen molar-refractivity contribution in [1.82, 2.24) is 4.98 Å². The lowest BCUT2D eigenvalue weighted by atomic mass is 9.75. The third kappa shape index (κ3) is 3.51. The van der Waals surface area contributed by atoms with Gasteiger partial charge in [0.25, 0.3) is 0 Å². The van der Waals surface area contributed by atoms with Crippen LogP contribution in [0, 0.1) is 11.3 Å². The first kappa shape index (κ1) is 15.3. The third-order valence-electron chi connectivity index (χ3n) is 4.58. The Kier molecular flexibility index (Phi) is 4.69. The van der Waals surface area contributed by atoms with E-state index in [0.717, 1.165) is 24.7 Å². The van der Waals surface area contributed by atoms with Gasteiger partial charge in [-0.05, 0) is 42.7 Å². The zero-order valence-corrected chi connectivity index (χ0v) is 13.3. The second-order valence-corrected chi connectivity index (χ2v) is 6.99. The standard InChI is InChI=1S/C17H28N2O/c1-5-16(20)15-7-6-14(12-18-15)19-10-8-13(9-11-19)17(2,3)4/h6-7,12-13,16,20H,5,8-11H2,1-4H3/t16-/m1/s1. The maximum absolute atomic E-state index is 9.78. The van der Waals surface area contributed by atoms with Gasteiger partial charge in [-0.2, -0.15) is 0 Å². The van der Waals surface area contributed by atoms with Gasteiger partial charge in [0.2, 0.25) is 0 Å². The van der Waals surface area contributed by atoms with Gasteiger partial charge in [0.1, 0.15) is 0 Å². The molecule has 2 rings (SSSR count). The maximum Gasteiger partial charge on any atom is 0.0957 e. The highest BCUT2D eigenvalue weighted by atomic mass is 16.3. The number of piperidine rings is 1. The van der Waals surface area contributed by atoms with Crippen LogP contribution in [0.4, 0.5) is 5.69 Å². The van der Waals surface area contributed by atoms with Crippen molar-refractivity contribution in [2.24, 2.45) is 11.3 Å². The average Bonchev–Trinajstić information content (AvgIpc) is 2.46. The first-order chi connectivity index (χ1) is 9.41. The summed E-state index contributed by atoms with van der Waals surface area (Å²) in [4.78, 5) is 6.81. The molecule has 0 radical (unpaired) electrons. The summed E-state index contributed by atoms with van der Waals surface area (Å²) in [6.07, 6.45) is 4.69. The highest BCUT2D eigenvalue weighted by molar-refractivity contribution is 5.45. The molecule has 20 heavy (non-hydrogen) atoms. The number of aliphatic hydroxyl groups excluding tert-OH is 1. The number of nitrogens with zero attached hydrogens (tertiary/aromatic N) is 2. The van der Waals surface area contributed by atoms with Crippen molar-refractivity contribution >= 4 is 5.69 Å². The fourth-order valence-electron chi connectivity index (χ4n) is 2.99. The van der Waals surface area contributed by atoms with Crippen LogP contribution < -0.4 is 4.90 Å². The first-order valence-corrected chi connectivity index (χ1v) is 7.80. The summed E-state index contributed by atoms with van der Waals surface area (Å²) in [6.45, 7) is 11.2. The summed E-state index contributed by atoms with van der Waals surface area (Å²) in [6, 6.07) is 4.05. The molecule has 1 aliphatic heterocycles. The molecule has 1 N–H and O–H groups in total. The number of anilines is 1. The molecule has 0 aromatic carbocycles. The van der Waals surface area contributed by atoms with Crippen molar-refractivity contribution < 1.29 is 5.11 Å². The van der Waals surface area contributed by atoms with E-state index in [9.17, 15) is 5.11 Å². The zero-order chi connectivity index (χ0) is 14.8. The molecule has 0 amide bonds. The lowest BCUT2D eigenvalue weighted by molar-refractivity contribution is 0.169. The van der Waals surface area contributed by atoms with Gasteiger partial charge >= 0.3 is 0 Å². The summed E-state index contributed by atoms with van der Waals surface area (Å²) in [5, 5.41) is 9.78. The van der Waals surface area contributed by atoms with Gasteiger partial charge in [-0.15, -0.1) is 0 Å². The van der Waals surface area contributed by atoms with Crippen LogP contribution in [0.2, 0.25) is 0 Å². The quantitative estimate of drug-likeness (QED) is 0.912. The van der Waals surface area contributed by atoms with Crippen molar-refractivity contribution in [1.29, 1.82) is 0 Å². The number of aliphatic hydroxyl groups is 1. The molecule has 0 spiro atoms. The molecular weight excluding hydrogens is 248 g/mol. The highest BCUT2D eigenvalue weighted by Gasteiger charge is 2.28. The molecular formula is C17H28N2O. The molecule has 2 heterocycles. The van der Waals surface area contributed by atoms with Gasteiger partial charge < -0.3 is 10.0 Å². The van der Waals surface area contributed by atoms with Crippen LogP contribution in [-0.4, -0.2) is 23.2 Å². The van der Waals surface area contributed by atoms with Crippen LogP contribution in [0.1, 0.15) is 58.8 Å². The van der Waals surface area contributed by atoms with E-state index in [-0.39, 0.29) is 0 Å². The van der Waals surface area contributed by atoms with Crippen molar-refractivity contribution in [3.05, 3.63) is 24.0 Å². The molecule has 1 aromatic rings. The molecule has 0 saturated carbocycles. The Morgan fingerprint density at radius 3 is 2.40 bits per heavy atom. The molecule has 0 unspecified atom stereocenters. The molecule has 0 bridgehead atoms. The van der Waals surface area contributed by atoms with E-state index in [1.54, 1.807) is 0 Å². The Balaban J connectivity index is 1.97. The van der Waals surface area contributed by atoms with Crippen LogP contribution in [0.3, 0.4) is 0 Å². The molecule has 1 saturated heterocycles. The number of rotatable bonds is 3. The van der Waals surface area contributed by atoms with E-state index in [0.29, 0.717) is 11.8 Å². The van der Waals surface area contributed by atoms with Gasteiger partial charge in [-0.1, -0.05) is 27.7 Å². The van der Waals surface area contributed by atoms with Crippen molar-refractivity contribution in [3.63, 3.8) is 0 Å². The molecule has 1 atom stereocenters. The van der Waals surface area contributed by atoms with Crippen molar-refractivity contribution in [2.75, 3.05) is 18.0 Å². The molecule has 1 fully saturated rings. The van der Waals surface area contributed by atoms with Crippen LogP contribution in [0.5, 0.6) is 0 Å². The van der Waals surface area contributed by atoms with Gasteiger partial charge in [-0.25, -0.2) is 0 Å². The molecule has 1 aliphatic rings. The molecule has 1 aromatic heterocycles. The first-order valence-electron chi connectivity index (χ1n) is 7.80. The Morgan fingerprint density at radius 1 is 1.30 bits per heavy atom. The summed E-state index contributed by atoms with van der Waals surface area (Å²) in [5.74, 6) is 0.813. The summed E-state index contributed by atoms with van der Waals surface area (Å²) in [5.41, 5.74) is 2.38. The van der Waals surface area contributed by atoms with Gasteiger partial charge in [0.05, 0.1) is 23.7 Å². The topological polar surface area (TPSA) is 36.4 Å². The van der Waals surface area contributed by atoms with Gasteiger partial charge in [0, 0.05) is 13.1 Å². The van der Waals surface area contributed by atoms with Gasteiger partial charge in [-0.3, -0.25) is 4.98 Å². The van der Waals surface area contributed by atoms with E-state index in [1.807, 2.05) is 19.2 Å². The van der Waals surface area contributed by atoms with E-state index in [4.69, 9.17) is 0 Å². The Hall–Kier alpha value is -1.09. The average molecular weight is 276 g/mol. The molecule has 3 heteroatoms. The molecule has 0 aliphatic carbocycles. The van der Waals surface area contributed by atoms with E-state index >= 15 is 0 Å². The monoisotopic (exact) mass is 276 g/mol. The lowest BCUT2D eigenvalue weighted by Crippen LogP contribution is -2.38. The molecule has 112 valence electrons. The largest absolute Gasteiger partial charge is 0.387 e. The molecule has 3 nitrogen and oxygen atoms in total. The summed E-state index contributed by atoms with van der Waals surface area (Å²) >= 11 is 0. The minimum atomic E-state index is -0.435. The van der Waals surface area contributed by atoms with Crippen LogP contribution in [-0.2, 0) is 0 Å². The zero-order valence-electron chi connectivity index (χ0n) is 13.3. The van der Waals surface area contributed by atoms with Crippen LogP contribution >= 0.6 is 0 Å². The van der Waals surface area contributed by atoms with Crippen molar-refractivity contribution in [2.45, 2.75) is 53.1 Å². The SMILES string of the molecule is CC[C@@H](O)c1ccc(N2CCC(C(C)(C)C)CC2)cn1. The van der Waals surface area contributed by atoms with Crippen LogP contribution in [0.25, 0.3) is 0 Å². The van der Waals surface area contributed by atoms with E-state index in [1.165, 1.54) is 18.5 Å². The van der Waals surface area contributed by atoms with Crippen molar-refractivity contribution in [3.8, 4) is 0 Å². The highest BCUT2D eigenvalue weighted by Crippen LogP contribution is 2.35. The van der Waals surface area contributed by atoms with Gasteiger partial charge in [0.15, 0.2) is 0 Å². The minimum absolute atomic E-state index is 0.416. The predicted octanol–water partition coefficient (Wildman–Crippen LogP) is 3.79. The Labute approximate surface area is 123 Å². The Morgan fingerprint density at radius 2 is 1.95 bits per heavy atom. The van der Waals surface area contributed by atoms with E-state index < -0.39 is 6.10 Å². The number of hydrogen-bond acceptors (Lipinski definition) is 3. The number of aromatic nitrogens is 1. The summed E-state index contributed by atoms with van der Waals surface area (Å²) in [7, 11) is 0. The fraction of sp³-hybridized carbons (Fsp3) is 0.706. The fourth-order valence-corrected chi connectivity index (χ4v) is 2.99. The Bertz CT molecular complexity index is 414. The summed E-state index contributed by atoms with van der Waals surface area (Å²) < 4.78 is 0. The maximum atomic E-state index is 9.78. The smallest absolute Gasteiger partial charge is 0.0957 e. The third-order valence-corrected chi connectivity index (χ3v) is 4.58. The predicted molar refractivity (Wildman–Crippen MR) is 83.9 cm³/mol. The number of hydrogen-bond donors (Lipinski definition) is 1. The number of pyridine rings is 1. The second-order valence-electron chi connectivity index (χ2n) is 6.99. The van der Waals surface area contributed by atoms with Crippen LogP contribution in [0.15, 0.2) is 18.3 Å². The second kappa shape index (κ2) is 6.13. The minimum Gasteiger partial charge on any atom is -0.387 e. The van der Waals surface area contributed by atoms with E-state index in [2.05, 4.69) is 36.7 Å². The lowest BCUT2D eigenvalue weighted by Gasteiger charge is -2.39. The normalized spacial score (nSPS) is 19.1.